The molecule has 0 bridgehead atoms. The van der Waals surface area contributed by atoms with Crippen molar-refractivity contribution in [2.45, 2.75) is 19.5 Å². The van der Waals surface area contributed by atoms with Crippen LogP contribution in [0.4, 0.5) is 18.3 Å². The van der Waals surface area contributed by atoms with E-state index in [1.807, 2.05) is 0 Å². The Bertz CT molecular complexity index is 529. The molecular weight excluding hydrogens is 295 g/mol. The third-order valence-corrected chi connectivity index (χ3v) is 3.68. The number of thiazole rings is 1. The molecular formula is C11H12F3N3O2S. The van der Waals surface area contributed by atoms with E-state index >= 15 is 0 Å². The van der Waals surface area contributed by atoms with Gasteiger partial charge in [-0.1, -0.05) is 0 Å². The second-order valence-electron chi connectivity index (χ2n) is 4.57. The molecule has 1 atom stereocenters. The molecule has 2 rings (SSSR count). The lowest BCUT2D eigenvalue weighted by atomic mass is 10.1. The lowest BCUT2D eigenvalue weighted by Crippen LogP contribution is -2.36. The first kappa shape index (κ1) is 14.8. The van der Waals surface area contributed by atoms with Crippen molar-refractivity contribution in [3.05, 3.63) is 11.1 Å². The first-order valence-electron chi connectivity index (χ1n) is 5.82. The van der Waals surface area contributed by atoms with E-state index in [2.05, 4.69) is 10.3 Å². The van der Waals surface area contributed by atoms with Crippen LogP contribution in [0, 0.1) is 12.8 Å². The first-order chi connectivity index (χ1) is 9.24. The summed E-state index contributed by atoms with van der Waals surface area (Å²) in [5.74, 6) is -1.90. The normalized spacial score (nSPS) is 19.5. The molecule has 2 amide bonds. The quantitative estimate of drug-likeness (QED) is 0.926. The van der Waals surface area contributed by atoms with Gasteiger partial charge in [0.15, 0.2) is 5.13 Å². The Hall–Kier alpha value is -1.64. The molecule has 1 N–H and O–H groups in total. The van der Waals surface area contributed by atoms with Gasteiger partial charge >= 0.3 is 6.18 Å². The summed E-state index contributed by atoms with van der Waals surface area (Å²) >= 11 is 1.23. The van der Waals surface area contributed by atoms with Crippen LogP contribution >= 0.6 is 11.3 Å². The van der Waals surface area contributed by atoms with Crippen molar-refractivity contribution in [2.24, 2.45) is 5.92 Å². The Morgan fingerprint density at radius 2 is 2.30 bits per heavy atom. The highest BCUT2D eigenvalue weighted by atomic mass is 32.1. The molecule has 0 radical (unpaired) electrons. The SMILES string of the molecule is Cc1csc(NC(=O)[C@H]2CC(=O)N(CC(F)(F)F)C2)n1. The van der Waals surface area contributed by atoms with Gasteiger partial charge in [0, 0.05) is 18.3 Å². The summed E-state index contributed by atoms with van der Waals surface area (Å²) in [5, 5.41) is 4.64. The fraction of sp³-hybridized carbons (Fsp3) is 0.545. The molecule has 0 spiro atoms. The fourth-order valence-electron chi connectivity index (χ4n) is 1.94. The standard InChI is InChI=1S/C11H12F3N3O2S/c1-6-4-20-10(15-6)16-9(19)7-2-8(18)17(3-7)5-11(12,13)14/h4,7H,2-3,5H2,1H3,(H,15,16,19)/t7-/m0/s1. The number of halogens is 3. The largest absolute Gasteiger partial charge is 0.406 e. The summed E-state index contributed by atoms with van der Waals surface area (Å²) in [5.41, 5.74) is 0.742. The number of aryl methyl sites for hydroxylation is 1. The second kappa shape index (κ2) is 5.39. The lowest BCUT2D eigenvalue weighted by Gasteiger charge is -2.18. The smallest absolute Gasteiger partial charge is 0.333 e. The Labute approximate surface area is 116 Å². The molecule has 20 heavy (non-hydrogen) atoms. The zero-order chi connectivity index (χ0) is 14.9. The van der Waals surface area contributed by atoms with Crippen molar-refractivity contribution in [1.82, 2.24) is 9.88 Å². The zero-order valence-electron chi connectivity index (χ0n) is 10.5. The van der Waals surface area contributed by atoms with Crippen LogP contribution in [0.2, 0.25) is 0 Å². The summed E-state index contributed by atoms with van der Waals surface area (Å²) in [6.07, 6.45) is -4.65. The van der Waals surface area contributed by atoms with Crippen LogP contribution in [0.1, 0.15) is 12.1 Å². The molecule has 1 fully saturated rings. The number of nitrogens with zero attached hydrogens (tertiary/aromatic N) is 2. The highest BCUT2D eigenvalue weighted by Gasteiger charge is 2.40. The van der Waals surface area contributed by atoms with Crippen molar-refractivity contribution >= 4 is 28.3 Å². The summed E-state index contributed by atoms with van der Waals surface area (Å²) in [7, 11) is 0. The number of anilines is 1. The van der Waals surface area contributed by atoms with Crippen molar-refractivity contribution in [3.63, 3.8) is 0 Å². The second-order valence-corrected chi connectivity index (χ2v) is 5.43. The van der Waals surface area contributed by atoms with E-state index in [1.165, 1.54) is 11.3 Å². The van der Waals surface area contributed by atoms with Crippen LogP contribution in [0.3, 0.4) is 0 Å². The van der Waals surface area contributed by atoms with Crippen LogP contribution in [0.5, 0.6) is 0 Å². The van der Waals surface area contributed by atoms with Gasteiger partial charge in [-0.15, -0.1) is 11.3 Å². The van der Waals surface area contributed by atoms with Crippen LogP contribution in [0.25, 0.3) is 0 Å². The molecule has 9 heteroatoms. The number of amides is 2. The van der Waals surface area contributed by atoms with Gasteiger partial charge in [-0.3, -0.25) is 9.59 Å². The molecule has 0 saturated carbocycles. The van der Waals surface area contributed by atoms with E-state index in [9.17, 15) is 22.8 Å². The maximum Gasteiger partial charge on any atom is 0.406 e. The minimum atomic E-state index is -4.45. The number of nitrogens with one attached hydrogen (secondary N) is 1. The Balaban J connectivity index is 1.94. The third-order valence-electron chi connectivity index (χ3n) is 2.80. The maximum absolute atomic E-state index is 12.3. The molecule has 0 aliphatic carbocycles. The highest BCUT2D eigenvalue weighted by Crippen LogP contribution is 2.25. The maximum atomic E-state index is 12.3. The summed E-state index contributed by atoms with van der Waals surface area (Å²) in [6.45, 7) is 0.233. The Morgan fingerprint density at radius 1 is 1.60 bits per heavy atom. The van der Waals surface area contributed by atoms with Gasteiger partial charge in [-0.25, -0.2) is 4.98 Å². The molecule has 110 valence electrons. The van der Waals surface area contributed by atoms with Gasteiger partial charge in [0.2, 0.25) is 11.8 Å². The van der Waals surface area contributed by atoms with Crippen molar-refractivity contribution in [2.75, 3.05) is 18.4 Å². The molecule has 2 heterocycles. The van der Waals surface area contributed by atoms with E-state index in [0.29, 0.717) is 10.0 Å². The van der Waals surface area contributed by atoms with Crippen molar-refractivity contribution in [3.8, 4) is 0 Å². The average Bonchev–Trinajstić information content (AvgIpc) is 2.85. The van der Waals surface area contributed by atoms with Crippen LogP contribution in [0.15, 0.2) is 5.38 Å². The van der Waals surface area contributed by atoms with E-state index in [4.69, 9.17) is 0 Å². The lowest BCUT2D eigenvalue weighted by molar-refractivity contribution is -0.157. The fourth-order valence-corrected chi connectivity index (χ4v) is 2.63. The van der Waals surface area contributed by atoms with Gasteiger partial charge in [0.05, 0.1) is 11.6 Å². The monoisotopic (exact) mass is 307 g/mol. The predicted octanol–water partition coefficient (Wildman–Crippen LogP) is 1.80. The average molecular weight is 307 g/mol. The van der Waals surface area contributed by atoms with Gasteiger partial charge < -0.3 is 10.2 Å². The van der Waals surface area contributed by atoms with Crippen LogP contribution in [-0.4, -0.2) is 41.0 Å². The third kappa shape index (κ3) is 3.69. The number of rotatable bonds is 3. The van der Waals surface area contributed by atoms with Gasteiger partial charge in [-0.05, 0) is 6.92 Å². The zero-order valence-corrected chi connectivity index (χ0v) is 11.3. The number of likely N-dealkylation sites (tertiary alicyclic amines) is 1. The number of hydrogen-bond acceptors (Lipinski definition) is 4. The topological polar surface area (TPSA) is 62.3 Å². The number of alkyl halides is 3. The van der Waals surface area contributed by atoms with Crippen LogP contribution < -0.4 is 5.32 Å². The van der Waals surface area contributed by atoms with Gasteiger partial charge in [-0.2, -0.15) is 13.2 Å². The molecule has 1 aliphatic rings. The van der Waals surface area contributed by atoms with E-state index in [0.717, 1.165) is 5.69 Å². The molecule has 5 nitrogen and oxygen atoms in total. The highest BCUT2D eigenvalue weighted by molar-refractivity contribution is 7.13. The summed E-state index contributed by atoms with van der Waals surface area (Å²) in [4.78, 5) is 28.0. The number of aromatic nitrogens is 1. The molecule has 1 aliphatic heterocycles. The van der Waals surface area contributed by atoms with Crippen molar-refractivity contribution in [1.29, 1.82) is 0 Å². The Kier molecular flexibility index (Phi) is 3.98. The predicted molar refractivity (Wildman–Crippen MR) is 66.2 cm³/mol. The number of carbonyl (C=O) groups is 2. The summed E-state index contributed by atoms with van der Waals surface area (Å²) < 4.78 is 36.8. The summed E-state index contributed by atoms with van der Waals surface area (Å²) in [6, 6.07) is 0. The minimum absolute atomic E-state index is 0.202. The minimum Gasteiger partial charge on any atom is -0.333 e. The molecule has 1 aromatic heterocycles. The molecule has 0 aromatic carbocycles. The molecule has 1 aromatic rings. The number of carbonyl (C=O) groups excluding carboxylic acids is 2. The Morgan fingerprint density at radius 3 is 2.85 bits per heavy atom. The van der Waals surface area contributed by atoms with Crippen molar-refractivity contribution < 1.29 is 22.8 Å². The van der Waals surface area contributed by atoms with E-state index < -0.39 is 30.5 Å². The first-order valence-corrected chi connectivity index (χ1v) is 6.70. The van der Waals surface area contributed by atoms with Gasteiger partial charge in [0.1, 0.15) is 6.54 Å². The molecule has 1 saturated heterocycles. The number of hydrogen-bond donors (Lipinski definition) is 1. The van der Waals surface area contributed by atoms with E-state index in [1.54, 1.807) is 12.3 Å². The van der Waals surface area contributed by atoms with Gasteiger partial charge in [0.25, 0.3) is 0 Å². The van der Waals surface area contributed by atoms with Crippen LogP contribution in [-0.2, 0) is 9.59 Å². The molecule has 0 unspecified atom stereocenters. The van der Waals surface area contributed by atoms with E-state index in [-0.39, 0.29) is 13.0 Å².